The number of carbonyl (C=O) groups excluding carboxylic acids is 1. The minimum absolute atomic E-state index is 0.0220. The van der Waals surface area contributed by atoms with Gasteiger partial charge in [0, 0.05) is 30.4 Å². The van der Waals surface area contributed by atoms with Crippen molar-refractivity contribution in [3.05, 3.63) is 33.9 Å². The maximum Gasteiger partial charge on any atom is 0.321 e. The average Bonchev–Trinajstić information content (AvgIpc) is 2.38. The lowest BCUT2D eigenvalue weighted by Gasteiger charge is -2.20. The van der Waals surface area contributed by atoms with Crippen LogP contribution in [0.2, 0.25) is 0 Å². The van der Waals surface area contributed by atoms with Crippen molar-refractivity contribution in [3.8, 4) is 0 Å². The van der Waals surface area contributed by atoms with Crippen LogP contribution in [0.25, 0.3) is 0 Å². The van der Waals surface area contributed by atoms with Crippen LogP contribution in [-0.4, -0.2) is 40.0 Å². The standard InChI is InChI=1S/C13H17N3O5/c1-3-15(7-6-12(17)18)13(19)14-10-4-5-11(16(20)21)9(2)8-10/h4-5,8H,3,6-7H2,1-2H3,(H,14,19)(H,17,18). The molecule has 0 aliphatic carbocycles. The van der Waals surface area contributed by atoms with Gasteiger partial charge in [0.2, 0.25) is 0 Å². The van der Waals surface area contributed by atoms with Crippen LogP contribution in [0, 0.1) is 17.0 Å². The molecule has 0 aliphatic rings. The number of aryl methyl sites for hydroxylation is 1. The molecule has 0 bridgehead atoms. The van der Waals surface area contributed by atoms with Gasteiger partial charge in [-0.05, 0) is 26.0 Å². The van der Waals surface area contributed by atoms with Crippen molar-refractivity contribution in [2.45, 2.75) is 20.3 Å². The van der Waals surface area contributed by atoms with Crippen LogP contribution in [0.4, 0.5) is 16.2 Å². The minimum Gasteiger partial charge on any atom is -0.481 e. The molecule has 2 amide bonds. The number of nitrogens with zero attached hydrogens (tertiary/aromatic N) is 2. The Bertz CT molecular complexity index is 559. The van der Waals surface area contributed by atoms with Gasteiger partial charge in [-0.3, -0.25) is 14.9 Å². The number of hydrogen-bond acceptors (Lipinski definition) is 4. The fraction of sp³-hybridized carbons (Fsp3) is 0.385. The molecule has 0 aromatic heterocycles. The Hall–Kier alpha value is -2.64. The quantitative estimate of drug-likeness (QED) is 0.617. The molecule has 21 heavy (non-hydrogen) atoms. The fourth-order valence-electron chi connectivity index (χ4n) is 1.77. The Balaban J connectivity index is 2.75. The van der Waals surface area contributed by atoms with Crippen molar-refractivity contribution >= 4 is 23.4 Å². The third-order valence-electron chi connectivity index (χ3n) is 2.91. The maximum atomic E-state index is 12.0. The lowest BCUT2D eigenvalue weighted by Crippen LogP contribution is -2.36. The van der Waals surface area contributed by atoms with Crippen molar-refractivity contribution in [3.63, 3.8) is 0 Å². The highest BCUT2D eigenvalue weighted by Gasteiger charge is 2.15. The number of carboxylic acid groups (broad SMARTS) is 1. The van der Waals surface area contributed by atoms with E-state index in [9.17, 15) is 19.7 Å². The summed E-state index contributed by atoms with van der Waals surface area (Å²) in [6.45, 7) is 3.78. The normalized spacial score (nSPS) is 10.0. The number of benzene rings is 1. The monoisotopic (exact) mass is 295 g/mol. The van der Waals surface area contributed by atoms with E-state index < -0.39 is 16.9 Å². The molecular formula is C13H17N3O5. The number of urea groups is 1. The maximum absolute atomic E-state index is 12.0. The summed E-state index contributed by atoms with van der Waals surface area (Å²) in [6.07, 6.45) is -0.138. The number of nitrogens with one attached hydrogen (secondary N) is 1. The molecule has 0 unspecified atom stereocenters. The van der Waals surface area contributed by atoms with Gasteiger partial charge >= 0.3 is 12.0 Å². The molecule has 8 heteroatoms. The number of nitro groups is 1. The number of aliphatic carboxylic acids is 1. The second kappa shape index (κ2) is 7.22. The first-order chi connectivity index (χ1) is 9.85. The molecule has 0 radical (unpaired) electrons. The largest absolute Gasteiger partial charge is 0.481 e. The van der Waals surface area contributed by atoms with Crippen molar-refractivity contribution < 1.29 is 19.6 Å². The molecule has 8 nitrogen and oxygen atoms in total. The van der Waals surface area contributed by atoms with Gasteiger partial charge in [-0.15, -0.1) is 0 Å². The molecule has 1 aromatic rings. The molecule has 114 valence electrons. The van der Waals surface area contributed by atoms with Gasteiger partial charge in [0.25, 0.3) is 5.69 Å². The van der Waals surface area contributed by atoms with E-state index in [1.54, 1.807) is 13.8 Å². The van der Waals surface area contributed by atoms with Crippen LogP contribution in [0.3, 0.4) is 0 Å². The van der Waals surface area contributed by atoms with Crippen molar-refractivity contribution in [1.29, 1.82) is 0 Å². The van der Waals surface area contributed by atoms with E-state index in [0.29, 0.717) is 17.8 Å². The molecule has 0 saturated heterocycles. The number of carbonyl (C=O) groups is 2. The first kappa shape index (κ1) is 16.4. The predicted octanol–water partition coefficient (Wildman–Crippen LogP) is 2.23. The molecule has 0 aliphatic heterocycles. The molecular weight excluding hydrogens is 278 g/mol. The zero-order valence-electron chi connectivity index (χ0n) is 11.8. The van der Waals surface area contributed by atoms with Crippen molar-refractivity contribution in [2.75, 3.05) is 18.4 Å². The summed E-state index contributed by atoms with van der Waals surface area (Å²) >= 11 is 0. The lowest BCUT2D eigenvalue weighted by molar-refractivity contribution is -0.385. The average molecular weight is 295 g/mol. The van der Waals surface area contributed by atoms with E-state index in [4.69, 9.17) is 5.11 Å². The van der Waals surface area contributed by atoms with Gasteiger partial charge in [-0.1, -0.05) is 0 Å². The van der Waals surface area contributed by atoms with Crippen LogP contribution >= 0.6 is 0 Å². The Kier molecular flexibility index (Phi) is 5.65. The van der Waals surface area contributed by atoms with Crippen molar-refractivity contribution in [1.82, 2.24) is 4.90 Å². The van der Waals surface area contributed by atoms with E-state index in [-0.39, 0.29) is 18.7 Å². The van der Waals surface area contributed by atoms with E-state index in [2.05, 4.69) is 5.32 Å². The van der Waals surface area contributed by atoms with Gasteiger partial charge in [-0.2, -0.15) is 0 Å². The third-order valence-corrected chi connectivity index (χ3v) is 2.91. The highest BCUT2D eigenvalue weighted by molar-refractivity contribution is 5.89. The van der Waals surface area contributed by atoms with Crippen LogP contribution in [0.1, 0.15) is 18.9 Å². The Labute approximate surface area is 121 Å². The Morgan fingerprint density at radius 1 is 1.43 bits per heavy atom. The van der Waals surface area contributed by atoms with Crippen LogP contribution < -0.4 is 5.32 Å². The Morgan fingerprint density at radius 2 is 2.10 bits per heavy atom. The number of rotatable bonds is 6. The van der Waals surface area contributed by atoms with Gasteiger partial charge in [0.15, 0.2) is 0 Å². The van der Waals surface area contributed by atoms with Crippen molar-refractivity contribution in [2.24, 2.45) is 0 Å². The summed E-state index contributed by atoms with van der Waals surface area (Å²) in [4.78, 5) is 34.1. The predicted molar refractivity (Wildman–Crippen MR) is 76.4 cm³/mol. The molecule has 0 fully saturated rings. The zero-order chi connectivity index (χ0) is 16.0. The first-order valence-electron chi connectivity index (χ1n) is 6.38. The molecule has 1 rings (SSSR count). The van der Waals surface area contributed by atoms with E-state index in [1.807, 2.05) is 0 Å². The zero-order valence-corrected chi connectivity index (χ0v) is 11.8. The number of hydrogen-bond donors (Lipinski definition) is 2. The second-order valence-electron chi connectivity index (χ2n) is 4.41. The number of amides is 2. The molecule has 1 aromatic carbocycles. The second-order valence-corrected chi connectivity index (χ2v) is 4.41. The van der Waals surface area contributed by atoms with Gasteiger partial charge in [0.05, 0.1) is 11.3 Å². The molecule has 0 atom stereocenters. The molecule has 0 saturated carbocycles. The topological polar surface area (TPSA) is 113 Å². The number of carboxylic acids is 1. The first-order valence-corrected chi connectivity index (χ1v) is 6.38. The van der Waals surface area contributed by atoms with Crippen LogP contribution in [0.5, 0.6) is 0 Å². The number of nitro benzene ring substituents is 1. The highest BCUT2D eigenvalue weighted by atomic mass is 16.6. The summed E-state index contributed by atoms with van der Waals surface area (Å²) in [7, 11) is 0. The van der Waals surface area contributed by atoms with Gasteiger partial charge in [-0.25, -0.2) is 4.79 Å². The lowest BCUT2D eigenvalue weighted by atomic mass is 10.2. The van der Waals surface area contributed by atoms with E-state index in [0.717, 1.165) is 0 Å². The van der Waals surface area contributed by atoms with E-state index >= 15 is 0 Å². The Morgan fingerprint density at radius 3 is 2.57 bits per heavy atom. The SMILES string of the molecule is CCN(CCC(=O)O)C(=O)Nc1ccc([N+](=O)[O-])c(C)c1. The minimum atomic E-state index is -0.979. The highest BCUT2D eigenvalue weighted by Crippen LogP contribution is 2.21. The van der Waals surface area contributed by atoms with Crippen LogP contribution in [-0.2, 0) is 4.79 Å². The summed E-state index contributed by atoms with van der Waals surface area (Å²) < 4.78 is 0. The molecule has 0 heterocycles. The fourth-order valence-corrected chi connectivity index (χ4v) is 1.77. The van der Waals surface area contributed by atoms with Gasteiger partial charge in [0.1, 0.15) is 0 Å². The van der Waals surface area contributed by atoms with Crippen LogP contribution in [0.15, 0.2) is 18.2 Å². The summed E-state index contributed by atoms with van der Waals surface area (Å²) in [5.41, 5.74) is 0.842. The molecule has 2 N–H and O–H groups in total. The third kappa shape index (κ3) is 4.75. The van der Waals surface area contributed by atoms with E-state index in [1.165, 1.54) is 23.1 Å². The summed E-state index contributed by atoms with van der Waals surface area (Å²) in [5, 5.41) is 21.9. The summed E-state index contributed by atoms with van der Waals surface area (Å²) in [5.74, 6) is -0.979. The summed E-state index contributed by atoms with van der Waals surface area (Å²) in [6, 6.07) is 3.82. The number of anilines is 1. The van der Waals surface area contributed by atoms with Gasteiger partial charge < -0.3 is 15.3 Å². The smallest absolute Gasteiger partial charge is 0.321 e. The molecule has 0 spiro atoms.